The predicted octanol–water partition coefficient (Wildman–Crippen LogP) is -2.12. The van der Waals surface area contributed by atoms with Crippen molar-refractivity contribution in [2.75, 3.05) is 6.61 Å². The number of carboxylic acid groups (broad SMARTS) is 2. The molecule has 132 valence electrons. The van der Waals surface area contributed by atoms with E-state index >= 15 is 0 Å². The predicted molar refractivity (Wildman–Crippen MR) is 78.3 cm³/mol. The molecule has 0 aromatic rings. The summed E-state index contributed by atoms with van der Waals surface area (Å²) in [5.41, 5.74) is 5.48. The fraction of sp³-hybridized carbons (Fsp3) is 0.692. The van der Waals surface area contributed by atoms with E-state index in [-0.39, 0.29) is 12.8 Å². The Kier molecular flexibility index (Phi) is 8.81. The minimum atomic E-state index is -1.38. The third kappa shape index (κ3) is 7.56. The molecular weight excluding hydrogens is 310 g/mol. The van der Waals surface area contributed by atoms with Crippen LogP contribution in [0.25, 0.3) is 0 Å². The van der Waals surface area contributed by atoms with Gasteiger partial charge in [0.15, 0.2) is 0 Å². The van der Waals surface area contributed by atoms with Crippen molar-refractivity contribution in [2.45, 2.75) is 44.8 Å². The van der Waals surface area contributed by atoms with Gasteiger partial charge in [0.05, 0.1) is 12.6 Å². The van der Waals surface area contributed by atoms with Gasteiger partial charge in [0.1, 0.15) is 12.1 Å². The van der Waals surface area contributed by atoms with Crippen LogP contribution in [-0.2, 0) is 19.2 Å². The number of aliphatic carboxylic acids is 2. The number of aliphatic hydroxyl groups excluding tert-OH is 1. The third-order valence-corrected chi connectivity index (χ3v) is 3.05. The number of hydrogen-bond donors (Lipinski definition) is 6. The highest BCUT2D eigenvalue weighted by molar-refractivity contribution is 5.92. The molecule has 0 bridgehead atoms. The zero-order valence-electron chi connectivity index (χ0n) is 13.0. The van der Waals surface area contributed by atoms with Gasteiger partial charge in [-0.05, 0) is 12.3 Å². The molecule has 0 saturated heterocycles. The van der Waals surface area contributed by atoms with E-state index in [0.717, 1.165) is 0 Å². The van der Waals surface area contributed by atoms with Crippen molar-refractivity contribution in [3.8, 4) is 0 Å². The Morgan fingerprint density at radius 3 is 2.00 bits per heavy atom. The highest BCUT2D eigenvalue weighted by Gasteiger charge is 2.29. The number of rotatable bonds is 10. The molecule has 3 atom stereocenters. The summed E-state index contributed by atoms with van der Waals surface area (Å²) in [5.74, 6) is -4.44. The van der Waals surface area contributed by atoms with Gasteiger partial charge in [-0.3, -0.25) is 14.4 Å². The van der Waals surface area contributed by atoms with Crippen molar-refractivity contribution in [3.05, 3.63) is 0 Å². The number of carbonyl (C=O) groups excluding carboxylic acids is 2. The normalized spacial score (nSPS) is 14.7. The molecule has 23 heavy (non-hydrogen) atoms. The van der Waals surface area contributed by atoms with E-state index in [4.69, 9.17) is 15.9 Å². The number of carbonyl (C=O) groups is 4. The van der Waals surface area contributed by atoms with Gasteiger partial charge >= 0.3 is 11.9 Å². The first-order valence-electron chi connectivity index (χ1n) is 7.01. The first kappa shape index (κ1) is 20.8. The molecule has 0 rings (SSSR count). The monoisotopic (exact) mass is 333 g/mol. The molecule has 0 saturated carbocycles. The van der Waals surface area contributed by atoms with Crippen LogP contribution in [0, 0.1) is 5.92 Å². The van der Waals surface area contributed by atoms with Gasteiger partial charge in [0, 0.05) is 6.42 Å². The first-order valence-corrected chi connectivity index (χ1v) is 7.01. The number of carboxylic acids is 2. The topological polar surface area (TPSA) is 179 Å². The van der Waals surface area contributed by atoms with Crippen LogP contribution in [0.15, 0.2) is 0 Å². The summed E-state index contributed by atoms with van der Waals surface area (Å²) in [6.45, 7) is 2.43. The number of nitrogens with one attached hydrogen (secondary N) is 2. The van der Waals surface area contributed by atoms with Crippen LogP contribution in [0.3, 0.4) is 0 Å². The van der Waals surface area contributed by atoms with E-state index in [1.165, 1.54) is 0 Å². The summed E-state index contributed by atoms with van der Waals surface area (Å²) in [4.78, 5) is 45.1. The van der Waals surface area contributed by atoms with Gasteiger partial charge in [-0.2, -0.15) is 0 Å². The highest BCUT2D eigenvalue weighted by Crippen LogP contribution is 2.02. The summed E-state index contributed by atoms with van der Waals surface area (Å²) in [7, 11) is 0. The van der Waals surface area contributed by atoms with Gasteiger partial charge in [-0.1, -0.05) is 13.8 Å². The van der Waals surface area contributed by atoms with Crippen molar-refractivity contribution in [1.29, 1.82) is 0 Å². The zero-order valence-corrected chi connectivity index (χ0v) is 13.0. The number of aliphatic hydroxyl groups is 1. The average Bonchev–Trinajstić information content (AvgIpc) is 2.46. The van der Waals surface area contributed by atoms with E-state index in [9.17, 15) is 24.3 Å². The fourth-order valence-corrected chi connectivity index (χ4v) is 1.65. The van der Waals surface area contributed by atoms with Gasteiger partial charge in [-0.15, -0.1) is 0 Å². The van der Waals surface area contributed by atoms with Crippen LogP contribution in [0.2, 0.25) is 0 Å². The van der Waals surface area contributed by atoms with Crippen molar-refractivity contribution in [1.82, 2.24) is 10.6 Å². The lowest BCUT2D eigenvalue weighted by molar-refractivity contribution is -0.143. The first-order chi connectivity index (χ1) is 10.6. The van der Waals surface area contributed by atoms with Crippen molar-refractivity contribution < 1.29 is 34.5 Å². The molecule has 0 radical (unpaired) electrons. The Morgan fingerprint density at radius 1 is 1.04 bits per heavy atom. The van der Waals surface area contributed by atoms with Crippen LogP contribution in [-0.4, -0.2) is 63.8 Å². The van der Waals surface area contributed by atoms with Gasteiger partial charge < -0.3 is 31.7 Å². The third-order valence-electron chi connectivity index (χ3n) is 3.05. The summed E-state index contributed by atoms with van der Waals surface area (Å²) in [6, 6.07) is -3.71. The van der Waals surface area contributed by atoms with Gasteiger partial charge in [-0.25, -0.2) is 4.79 Å². The molecule has 2 amide bonds. The molecule has 0 heterocycles. The molecular formula is C13H23N3O7. The molecule has 0 aliphatic rings. The molecule has 0 spiro atoms. The van der Waals surface area contributed by atoms with Crippen LogP contribution < -0.4 is 16.4 Å². The Hall–Kier alpha value is -2.20. The second-order valence-corrected chi connectivity index (χ2v) is 5.35. The molecule has 10 nitrogen and oxygen atoms in total. The maximum atomic E-state index is 11.9. The van der Waals surface area contributed by atoms with Crippen molar-refractivity contribution in [3.63, 3.8) is 0 Å². The van der Waals surface area contributed by atoms with E-state index in [1.807, 2.05) is 0 Å². The van der Waals surface area contributed by atoms with E-state index < -0.39 is 54.4 Å². The average molecular weight is 333 g/mol. The van der Waals surface area contributed by atoms with Crippen molar-refractivity contribution in [2.24, 2.45) is 11.7 Å². The Balaban J connectivity index is 4.69. The molecule has 0 aliphatic carbocycles. The minimum Gasteiger partial charge on any atom is -0.481 e. The number of amides is 2. The SMILES string of the molecule is CC(C)[C@H](NC(=O)[C@H](CO)NC(=O)[C@@H](N)CCC(=O)O)C(=O)O. The summed E-state index contributed by atoms with van der Waals surface area (Å²) < 4.78 is 0. The Labute approximate surface area is 133 Å². The summed E-state index contributed by atoms with van der Waals surface area (Å²) in [6.07, 6.45) is -0.455. The summed E-state index contributed by atoms with van der Waals surface area (Å²) >= 11 is 0. The summed E-state index contributed by atoms with van der Waals surface area (Å²) in [5, 5.41) is 31.1. The van der Waals surface area contributed by atoms with Crippen molar-refractivity contribution >= 4 is 23.8 Å². The lowest BCUT2D eigenvalue weighted by Crippen LogP contribution is -2.56. The number of nitrogens with two attached hydrogens (primary N) is 1. The molecule has 0 fully saturated rings. The van der Waals surface area contributed by atoms with E-state index in [1.54, 1.807) is 13.8 Å². The van der Waals surface area contributed by atoms with E-state index in [0.29, 0.717) is 0 Å². The van der Waals surface area contributed by atoms with Gasteiger partial charge in [0.25, 0.3) is 0 Å². The van der Waals surface area contributed by atoms with Crippen LogP contribution in [0.4, 0.5) is 0 Å². The molecule has 7 N–H and O–H groups in total. The molecule has 0 aromatic heterocycles. The van der Waals surface area contributed by atoms with Crippen LogP contribution >= 0.6 is 0 Å². The Morgan fingerprint density at radius 2 is 1.61 bits per heavy atom. The molecule has 0 unspecified atom stereocenters. The lowest BCUT2D eigenvalue weighted by atomic mass is 10.0. The van der Waals surface area contributed by atoms with Crippen LogP contribution in [0.1, 0.15) is 26.7 Å². The maximum Gasteiger partial charge on any atom is 0.326 e. The number of hydrogen-bond acceptors (Lipinski definition) is 6. The fourth-order valence-electron chi connectivity index (χ4n) is 1.65. The van der Waals surface area contributed by atoms with Crippen LogP contribution in [0.5, 0.6) is 0 Å². The molecule has 10 heteroatoms. The Bertz CT molecular complexity index is 453. The molecule has 0 aliphatic heterocycles. The minimum absolute atomic E-state index is 0.134. The van der Waals surface area contributed by atoms with Gasteiger partial charge in [0.2, 0.25) is 11.8 Å². The largest absolute Gasteiger partial charge is 0.481 e. The quantitative estimate of drug-likeness (QED) is 0.262. The zero-order chi connectivity index (χ0) is 18.2. The standard InChI is InChI=1S/C13H23N3O7/c1-6(2)10(13(22)23)16-12(21)8(5-17)15-11(20)7(14)3-4-9(18)19/h6-8,10,17H,3-5,14H2,1-2H3,(H,15,20)(H,16,21)(H,18,19)(H,22,23)/t7-,8-,10-/m0/s1. The second-order valence-electron chi connectivity index (χ2n) is 5.35. The smallest absolute Gasteiger partial charge is 0.326 e. The highest BCUT2D eigenvalue weighted by atomic mass is 16.4. The lowest BCUT2D eigenvalue weighted by Gasteiger charge is -2.23. The second kappa shape index (κ2) is 9.74. The van der Waals surface area contributed by atoms with E-state index in [2.05, 4.69) is 10.6 Å². The molecule has 0 aromatic carbocycles. The maximum absolute atomic E-state index is 11.9.